The first kappa shape index (κ1) is 19.3. The Labute approximate surface area is 150 Å². The third-order valence-electron chi connectivity index (χ3n) is 4.29. The minimum absolute atomic E-state index is 0. The van der Waals surface area contributed by atoms with Gasteiger partial charge in [0.25, 0.3) is 5.91 Å². The fourth-order valence-electron chi connectivity index (χ4n) is 3.04. The monoisotopic (exact) mass is 370 g/mol. The van der Waals surface area contributed by atoms with Crippen LogP contribution < -0.4 is 10.6 Å². The molecule has 1 saturated heterocycles. The molecule has 2 aromatic rings. The van der Waals surface area contributed by atoms with E-state index < -0.39 is 23.4 Å². The molecule has 1 aliphatic heterocycles. The first-order chi connectivity index (χ1) is 11.6. The SMILES string of the molecule is Cl.O=C(NC1CNCCC1c1ccc(F)c(F)c1)c1ccccc1F. The van der Waals surface area contributed by atoms with Crippen LogP contribution in [0.1, 0.15) is 28.3 Å². The number of piperidine rings is 1. The van der Waals surface area contributed by atoms with Gasteiger partial charge in [0, 0.05) is 18.5 Å². The summed E-state index contributed by atoms with van der Waals surface area (Å²) < 4.78 is 40.4. The number of rotatable bonds is 3. The summed E-state index contributed by atoms with van der Waals surface area (Å²) in [5, 5.41) is 5.96. The quantitative estimate of drug-likeness (QED) is 0.869. The van der Waals surface area contributed by atoms with Gasteiger partial charge in [0.05, 0.1) is 5.56 Å². The molecule has 0 bridgehead atoms. The lowest BCUT2D eigenvalue weighted by atomic mass is 9.85. The summed E-state index contributed by atoms with van der Waals surface area (Å²) in [6, 6.07) is 9.17. The third kappa shape index (κ3) is 4.32. The minimum atomic E-state index is -0.912. The normalized spacial score (nSPS) is 19.8. The van der Waals surface area contributed by atoms with E-state index in [9.17, 15) is 18.0 Å². The number of halogens is 4. The summed E-state index contributed by atoms with van der Waals surface area (Å²) in [5.41, 5.74) is 0.585. The van der Waals surface area contributed by atoms with Gasteiger partial charge in [-0.2, -0.15) is 0 Å². The Balaban J connectivity index is 0.00000225. The Hall–Kier alpha value is -2.05. The molecule has 0 spiro atoms. The molecule has 2 atom stereocenters. The predicted octanol–water partition coefficient (Wildman–Crippen LogP) is 3.40. The maximum absolute atomic E-state index is 13.7. The van der Waals surface area contributed by atoms with E-state index in [-0.39, 0.29) is 29.9 Å². The van der Waals surface area contributed by atoms with E-state index in [1.165, 1.54) is 24.3 Å². The third-order valence-corrected chi connectivity index (χ3v) is 4.29. The Morgan fingerprint density at radius 3 is 2.52 bits per heavy atom. The number of nitrogens with one attached hydrogen (secondary N) is 2. The van der Waals surface area contributed by atoms with Gasteiger partial charge >= 0.3 is 0 Å². The topological polar surface area (TPSA) is 41.1 Å². The van der Waals surface area contributed by atoms with Crippen LogP contribution in [-0.4, -0.2) is 25.0 Å². The lowest BCUT2D eigenvalue weighted by Crippen LogP contribution is -2.50. The highest BCUT2D eigenvalue weighted by molar-refractivity contribution is 5.94. The van der Waals surface area contributed by atoms with Crippen molar-refractivity contribution < 1.29 is 18.0 Å². The Bertz CT molecular complexity index is 757. The lowest BCUT2D eigenvalue weighted by molar-refractivity contribution is 0.0920. The van der Waals surface area contributed by atoms with Crippen LogP contribution >= 0.6 is 12.4 Å². The molecule has 0 saturated carbocycles. The standard InChI is InChI=1S/C18H17F3N2O.ClH/c19-14-4-2-1-3-13(14)18(24)23-17-10-22-8-7-12(17)11-5-6-15(20)16(21)9-11;/h1-6,9,12,17,22H,7-8,10H2,(H,23,24);1H. The fourth-order valence-corrected chi connectivity index (χ4v) is 3.04. The summed E-state index contributed by atoms with van der Waals surface area (Å²) >= 11 is 0. The maximum Gasteiger partial charge on any atom is 0.254 e. The average molecular weight is 371 g/mol. The number of carbonyl (C=O) groups excluding carboxylic acids is 1. The van der Waals surface area contributed by atoms with E-state index in [2.05, 4.69) is 10.6 Å². The molecule has 1 heterocycles. The molecule has 2 aromatic carbocycles. The molecule has 1 aliphatic rings. The molecule has 25 heavy (non-hydrogen) atoms. The molecule has 2 unspecified atom stereocenters. The largest absolute Gasteiger partial charge is 0.347 e. The van der Waals surface area contributed by atoms with Crippen molar-refractivity contribution in [2.45, 2.75) is 18.4 Å². The second-order valence-electron chi connectivity index (χ2n) is 5.83. The van der Waals surface area contributed by atoms with Crippen LogP contribution in [0.15, 0.2) is 42.5 Å². The number of carbonyl (C=O) groups is 1. The second kappa shape index (κ2) is 8.36. The molecule has 1 fully saturated rings. The van der Waals surface area contributed by atoms with Gasteiger partial charge in [-0.15, -0.1) is 12.4 Å². The summed E-state index contributed by atoms with van der Waals surface area (Å²) in [6.45, 7) is 1.18. The van der Waals surface area contributed by atoms with Gasteiger partial charge in [0.2, 0.25) is 0 Å². The zero-order valence-electron chi connectivity index (χ0n) is 13.3. The first-order valence-corrected chi connectivity index (χ1v) is 7.77. The van der Waals surface area contributed by atoms with E-state index in [0.717, 1.165) is 12.1 Å². The van der Waals surface area contributed by atoms with E-state index in [1.807, 2.05) is 0 Å². The van der Waals surface area contributed by atoms with Gasteiger partial charge in [-0.1, -0.05) is 18.2 Å². The second-order valence-corrected chi connectivity index (χ2v) is 5.83. The molecule has 3 nitrogen and oxygen atoms in total. The van der Waals surface area contributed by atoms with Gasteiger partial charge in [-0.3, -0.25) is 4.79 Å². The molecular weight excluding hydrogens is 353 g/mol. The molecule has 3 rings (SSSR count). The number of amides is 1. The maximum atomic E-state index is 13.7. The van der Waals surface area contributed by atoms with Crippen molar-refractivity contribution in [3.63, 3.8) is 0 Å². The van der Waals surface area contributed by atoms with Crippen molar-refractivity contribution in [3.8, 4) is 0 Å². The van der Waals surface area contributed by atoms with E-state index in [1.54, 1.807) is 6.07 Å². The van der Waals surface area contributed by atoms with Crippen molar-refractivity contribution in [1.82, 2.24) is 10.6 Å². The van der Waals surface area contributed by atoms with Crippen molar-refractivity contribution in [3.05, 3.63) is 71.0 Å². The van der Waals surface area contributed by atoms with E-state index in [0.29, 0.717) is 25.1 Å². The fraction of sp³-hybridized carbons (Fsp3) is 0.278. The molecule has 0 radical (unpaired) electrons. The lowest BCUT2D eigenvalue weighted by Gasteiger charge is -2.33. The Morgan fingerprint density at radius 2 is 1.80 bits per heavy atom. The van der Waals surface area contributed by atoms with Gasteiger partial charge in [-0.05, 0) is 42.8 Å². The molecule has 0 aliphatic carbocycles. The summed E-state index contributed by atoms with van der Waals surface area (Å²) in [7, 11) is 0. The van der Waals surface area contributed by atoms with Crippen LogP contribution in [0.2, 0.25) is 0 Å². The molecule has 0 aromatic heterocycles. The molecular formula is C18H18ClF3N2O. The highest BCUT2D eigenvalue weighted by Crippen LogP contribution is 2.27. The summed E-state index contributed by atoms with van der Waals surface area (Å²) in [6.07, 6.45) is 0.660. The zero-order chi connectivity index (χ0) is 17.1. The Kier molecular flexibility index (Phi) is 6.45. The average Bonchev–Trinajstić information content (AvgIpc) is 2.58. The van der Waals surface area contributed by atoms with Gasteiger partial charge in [0.1, 0.15) is 5.82 Å². The smallest absolute Gasteiger partial charge is 0.254 e. The summed E-state index contributed by atoms with van der Waals surface area (Å²) in [4.78, 5) is 12.3. The first-order valence-electron chi connectivity index (χ1n) is 7.77. The van der Waals surface area contributed by atoms with Crippen LogP contribution in [0, 0.1) is 17.5 Å². The number of benzene rings is 2. The predicted molar refractivity (Wildman–Crippen MR) is 91.5 cm³/mol. The van der Waals surface area contributed by atoms with E-state index >= 15 is 0 Å². The summed E-state index contributed by atoms with van der Waals surface area (Å²) in [5.74, 6) is -3.10. The molecule has 2 N–H and O–H groups in total. The van der Waals surface area contributed by atoms with Crippen LogP contribution in [0.25, 0.3) is 0 Å². The van der Waals surface area contributed by atoms with Gasteiger partial charge in [-0.25, -0.2) is 13.2 Å². The molecule has 7 heteroatoms. The van der Waals surface area contributed by atoms with Crippen LogP contribution in [0.4, 0.5) is 13.2 Å². The Morgan fingerprint density at radius 1 is 1.04 bits per heavy atom. The van der Waals surface area contributed by atoms with Crippen molar-refractivity contribution in [2.75, 3.05) is 13.1 Å². The minimum Gasteiger partial charge on any atom is -0.347 e. The number of hydrogen-bond acceptors (Lipinski definition) is 2. The van der Waals surface area contributed by atoms with Crippen LogP contribution in [0.3, 0.4) is 0 Å². The number of hydrogen-bond donors (Lipinski definition) is 2. The highest BCUT2D eigenvalue weighted by Gasteiger charge is 2.29. The highest BCUT2D eigenvalue weighted by atomic mass is 35.5. The van der Waals surface area contributed by atoms with Crippen LogP contribution in [-0.2, 0) is 0 Å². The molecule has 1 amide bonds. The van der Waals surface area contributed by atoms with Crippen molar-refractivity contribution in [2.24, 2.45) is 0 Å². The zero-order valence-corrected chi connectivity index (χ0v) is 14.1. The molecule has 134 valence electrons. The van der Waals surface area contributed by atoms with Crippen LogP contribution in [0.5, 0.6) is 0 Å². The van der Waals surface area contributed by atoms with Gasteiger partial charge in [0.15, 0.2) is 11.6 Å². The van der Waals surface area contributed by atoms with Crippen molar-refractivity contribution in [1.29, 1.82) is 0 Å². The van der Waals surface area contributed by atoms with E-state index in [4.69, 9.17) is 0 Å². The van der Waals surface area contributed by atoms with Gasteiger partial charge < -0.3 is 10.6 Å². The van der Waals surface area contributed by atoms with Crippen molar-refractivity contribution >= 4 is 18.3 Å².